The first-order valence-corrected chi connectivity index (χ1v) is 6.82. The smallest absolute Gasteiger partial charge is 0.422 e. The summed E-state index contributed by atoms with van der Waals surface area (Å²) < 4.78 is 40.7. The standard InChI is InChI=1S/C14H19F3N2O2.ClH/c15-14(16,17)9-21-12-3-1-10(2-4-12)5-18-6-11-7-19-8-13(11)20;/h1-4,11,13,18-20H,5-9H2;1H. The van der Waals surface area contributed by atoms with Gasteiger partial charge in [-0.1, -0.05) is 12.1 Å². The minimum Gasteiger partial charge on any atom is -0.484 e. The minimum atomic E-state index is -4.32. The molecule has 0 aromatic heterocycles. The Morgan fingerprint density at radius 2 is 1.91 bits per heavy atom. The van der Waals surface area contributed by atoms with Crippen molar-refractivity contribution in [3.63, 3.8) is 0 Å². The number of hydrogen-bond acceptors (Lipinski definition) is 4. The van der Waals surface area contributed by atoms with E-state index >= 15 is 0 Å². The van der Waals surface area contributed by atoms with Crippen LogP contribution in [0.3, 0.4) is 0 Å². The van der Waals surface area contributed by atoms with E-state index in [1.807, 2.05) is 0 Å². The number of benzene rings is 1. The maximum atomic E-state index is 12.0. The van der Waals surface area contributed by atoms with Crippen LogP contribution in [-0.2, 0) is 6.54 Å². The van der Waals surface area contributed by atoms with Gasteiger partial charge in [-0.05, 0) is 17.7 Å². The predicted molar refractivity (Wildman–Crippen MR) is 79.3 cm³/mol. The Morgan fingerprint density at radius 1 is 1.23 bits per heavy atom. The molecule has 0 amide bonds. The predicted octanol–water partition coefficient (Wildman–Crippen LogP) is 1.72. The van der Waals surface area contributed by atoms with Crippen molar-refractivity contribution in [3.05, 3.63) is 29.8 Å². The maximum Gasteiger partial charge on any atom is 0.422 e. The zero-order chi connectivity index (χ0) is 15.3. The van der Waals surface area contributed by atoms with Crippen LogP contribution in [-0.4, -0.2) is 43.6 Å². The van der Waals surface area contributed by atoms with Crippen LogP contribution < -0.4 is 15.4 Å². The highest BCUT2D eigenvalue weighted by Crippen LogP contribution is 2.18. The first-order valence-electron chi connectivity index (χ1n) is 6.82. The van der Waals surface area contributed by atoms with Gasteiger partial charge < -0.3 is 20.5 Å². The first-order chi connectivity index (χ1) is 9.94. The normalized spacial score (nSPS) is 21.5. The van der Waals surface area contributed by atoms with E-state index in [2.05, 4.69) is 15.4 Å². The molecule has 8 heteroatoms. The highest BCUT2D eigenvalue weighted by Gasteiger charge is 2.28. The molecule has 1 saturated heterocycles. The molecule has 4 nitrogen and oxygen atoms in total. The topological polar surface area (TPSA) is 53.5 Å². The maximum absolute atomic E-state index is 12.0. The van der Waals surface area contributed by atoms with Gasteiger partial charge in [-0.15, -0.1) is 12.4 Å². The number of nitrogens with one attached hydrogen (secondary N) is 2. The highest BCUT2D eigenvalue weighted by molar-refractivity contribution is 5.85. The van der Waals surface area contributed by atoms with Crippen LogP contribution >= 0.6 is 12.4 Å². The van der Waals surface area contributed by atoms with E-state index in [4.69, 9.17) is 0 Å². The lowest BCUT2D eigenvalue weighted by atomic mass is 10.1. The van der Waals surface area contributed by atoms with Crippen LogP contribution in [0.2, 0.25) is 0 Å². The van der Waals surface area contributed by atoms with Gasteiger partial charge in [-0.25, -0.2) is 0 Å². The molecule has 1 aromatic carbocycles. The second-order valence-electron chi connectivity index (χ2n) is 5.16. The number of β-amino-alcohol motifs (C(OH)–C–C–N with tert-alkyl or cyclic N) is 1. The Labute approximate surface area is 133 Å². The third-order valence-electron chi connectivity index (χ3n) is 3.37. The van der Waals surface area contributed by atoms with Gasteiger partial charge in [0.05, 0.1) is 6.10 Å². The van der Waals surface area contributed by atoms with Crippen LogP contribution in [0.25, 0.3) is 0 Å². The van der Waals surface area contributed by atoms with Crippen molar-refractivity contribution < 1.29 is 23.0 Å². The van der Waals surface area contributed by atoms with E-state index in [0.29, 0.717) is 19.6 Å². The van der Waals surface area contributed by atoms with Gasteiger partial charge in [0.2, 0.25) is 0 Å². The number of hydrogen-bond donors (Lipinski definition) is 3. The van der Waals surface area contributed by atoms with Gasteiger partial charge in [0.25, 0.3) is 0 Å². The summed E-state index contributed by atoms with van der Waals surface area (Å²) in [6.45, 7) is 1.43. The molecule has 2 unspecified atom stereocenters. The number of aliphatic hydroxyl groups excluding tert-OH is 1. The molecule has 126 valence electrons. The van der Waals surface area contributed by atoms with E-state index in [-0.39, 0.29) is 30.2 Å². The summed E-state index contributed by atoms with van der Waals surface area (Å²) >= 11 is 0. The molecule has 2 rings (SSSR count). The second kappa shape index (κ2) is 8.57. The van der Waals surface area contributed by atoms with E-state index < -0.39 is 12.8 Å². The lowest BCUT2D eigenvalue weighted by Gasteiger charge is -2.14. The van der Waals surface area contributed by atoms with Crippen molar-refractivity contribution in [3.8, 4) is 5.75 Å². The molecule has 1 aromatic rings. The fourth-order valence-corrected chi connectivity index (χ4v) is 2.20. The summed E-state index contributed by atoms with van der Waals surface area (Å²) in [5.41, 5.74) is 0.954. The zero-order valence-electron chi connectivity index (χ0n) is 11.9. The molecule has 1 aliphatic heterocycles. The van der Waals surface area contributed by atoms with E-state index in [1.54, 1.807) is 12.1 Å². The monoisotopic (exact) mass is 340 g/mol. The SMILES string of the molecule is Cl.OC1CNCC1CNCc1ccc(OCC(F)(F)F)cc1. The largest absolute Gasteiger partial charge is 0.484 e. The van der Waals surface area contributed by atoms with E-state index in [0.717, 1.165) is 12.1 Å². The Hall–Kier alpha value is -1.02. The van der Waals surface area contributed by atoms with Crippen LogP contribution in [0.15, 0.2) is 24.3 Å². The minimum absolute atomic E-state index is 0. The number of rotatable bonds is 6. The first kappa shape index (κ1) is 19.0. The Bertz CT molecular complexity index is 443. The van der Waals surface area contributed by atoms with Crippen molar-refractivity contribution in [1.29, 1.82) is 0 Å². The summed E-state index contributed by atoms with van der Waals surface area (Å²) in [4.78, 5) is 0. The molecule has 0 radical (unpaired) electrons. The highest BCUT2D eigenvalue weighted by atomic mass is 35.5. The number of aliphatic hydroxyl groups is 1. The Kier molecular flexibility index (Phi) is 7.41. The quantitative estimate of drug-likeness (QED) is 0.738. The van der Waals surface area contributed by atoms with Crippen molar-refractivity contribution in [2.45, 2.75) is 18.8 Å². The molecule has 1 fully saturated rings. The second-order valence-corrected chi connectivity index (χ2v) is 5.16. The van der Waals surface area contributed by atoms with Crippen LogP contribution in [0.4, 0.5) is 13.2 Å². The summed E-state index contributed by atoms with van der Waals surface area (Å²) in [5.74, 6) is 0.394. The summed E-state index contributed by atoms with van der Waals surface area (Å²) in [5, 5.41) is 16.0. The van der Waals surface area contributed by atoms with Gasteiger partial charge >= 0.3 is 6.18 Å². The van der Waals surface area contributed by atoms with Crippen LogP contribution in [0.5, 0.6) is 5.75 Å². The Balaban J connectivity index is 0.00000242. The van der Waals surface area contributed by atoms with Gasteiger partial charge in [0, 0.05) is 32.1 Å². The van der Waals surface area contributed by atoms with Gasteiger partial charge in [0.1, 0.15) is 5.75 Å². The lowest BCUT2D eigenvalue weighted by molar-refractivity contribution is -0.153. The average molecular weight is 341 g/mol. The van der Waals surface area contributed by atoms with Crippen molar-refractivity contribution in [2.75, 3.05) is 26.2 Å². The summed E-state index contributed by atoms with van der Waals surface area (Å²) in [7, 11) is 0. The summed E-state index contributed by atoms with van der Waals surface area (Å²) in [6.07, 6.45) is -4.65. The van der Waals surface area contributed by atoms with Gasteiger partial charge in [-0.2, -0.15) is 13.2 Å². The molecule has 0 bridgehead atoms. The molecule has 2 atom stereocenters. The van der Waals surface area contributed by atoms with Crippen molar-refractivity contribution >= 4 is 12.4 Å². The number of ether oxygens (including phenoxy) is 1. The third-order valence-corrected chi connectivity index (χ3v) is 3.37. The number of alkyl halides is 3. The molecular formula is C14H20ClF3N2O2. The number of halogens is 4. The zero-order valence-corrected chi connectivity index (χ0v) is 12.7. The summed E-state index contributed by atoms with van der Waals surface area (Å²) in [6, 6.07) is 6.49. The fourth-order valence-electron chi connectivity index (χ4n) is 2.20. The molecule has 0 saturated carbocycles. The lowest BCUT2D eigenvalue weighted by Crippen LogP contribution is -2.30. The third kappa shape index (κ3) is 6.39. The molecule has 0 spiro atoms. The van der Waals surface area contributed by atoms with E-state index in [1.165, 1.54) is 12.1 Å². The fraction of sp³-hybridized carbons (Fsp3) is 0.571. The molecule has 3 N–H and O–H groups in total. The van der Waals surface area contributed by atoms with Gasteiger partial charge in [-0.3, -0.25) is 0 Å². The van der Waals surface area contributed by atoms with Gasteiger partial charge in [0.15, 0.2) is 6.61 Å². The molecule has 1 heterocycles. The van der Waals surface area contributed by atoms with Crippen molar-refractivity contribution in [2.24, 2.45) is 5.92 Å². The van der Waals surface area contributed by atoms with Crippen LogP contribution in [0, 0.1) is 5.92 Å². The molecule has 1 aliphatic rings. The molecule has 22 heavy (non-hydrogen) atoms. The van der Waals surface area contributed by atoms with Crippen LogP contribution in [0.1, 0.15) is 5.56 Å². The average Bonchev–Trinajstić information content (AvgIpc) is 2.83. The van der Waals surface area contributed by atoms with E-state index in [9.17, 15) is 18.3 Å². The molecule has 0 aliphatic carbocycles. The molecular weight excluding hydrogens is 321 g/mol. The van der Waals surface area contributed by atoms with Crippen molar-refractivity contribution in [1.82, 2.24) is 10.6 Å². The Morgan fingerprint density at radius 3 is 2.45 bits per heavy atom.